The molecule has 0 N–H and O–H groups in total. The summed E-state index contributed by atoms with van der Waals surface area (Å²) in [7, 11) is 0. The number of carbonyl (C=O) groups excluding carboxylic acids is 1. The van der Waals surface area contributed by atoms with E-state index in [4.69, 9.17) is 16.0 Å². The molecule has 1 unspecified atom stereocenters. The van der Waals surface area contributed by atoms with Gasteiger partial charge >= 0.3 is 0 Å². The zero-order valence-corrected chi connectivity index (χ0v) is 16.5. The number of pyridine rings is 1. The van der Waals surface area contributed by atoms with Crippen molar-refractivity contribution in [2.45, 2.75) is 13.0 Å². The summed E-state index contributed by atoms with van der Waals surface area (Å²) in [6.07, 6.45) is 1.39. The van der Waals surface area contributed by atoms with Crippen molar-refractivity contribution in [2.24, 2.45) is 0 Å². The van der Waals surface area contributed by atoms with Gasteiger partial charge in [-0.3, -0.25) is 14.5 Å². The Morgan fingerprint density at radius 2 is 1.90 bits per heavy atom. The third kappa shape index (κ3) is 2.72. The van der Waals surface area contributed by atoms with Gasteiger partial charge in [0.15, 0.2) is 5.43 Å². The van der Waals surface area contributed by atoms with E-state index in [9.17, 15) is 14.0 Å². The summed E-state index contributed by atoms with van der Waals surface area (Å²) in [5.74, 6) is -0.969. The summed E-state index contributed by atoms with van der Waals surface area (Å²) < 4.78 is 20.7. The molecule has 1 amide bonds. The summed E-state index contributed by atoms with van der Waals surface area (Å²) in [5, 5.41) is 0.731. The largest absolute Gasteiger partial charge is 0.450 e. The topological polar surface area (TPSA) is 63.4 Å². The smallest absolute Gasteiger partial charge is 0.296 e. The van der Waals surface area contributed by atoms with Crippen molar-refractivity contribution in [2.75, 3.05) is 4.90 Å². The number of aryl methyl sites for hydroxylation is 1. The second kappa shape index (κ2) is 6.78. The molecule has 3 heterocycles. The lowest BCUT2D eigenvalue weighted by Gasteiger charge is -2.24. The number of fused-ring (bicyclic) bond motifs is 2. The van der Waals surface area contributed by atoms with E-state index in [1.165, 1.54) is 17.2 Å². The fourth-order valence-corrected chi connectivity index (χ4v) is 3.94. The first-order chi connectivity index (χ1) is 14.5. The Hall–Kier alpha value is -3.51. The molecule has 0 saturated carbocycles. The highest BCUT2D eigenvalue weighted by atomic mass is 35.5. The SMILES string of the molecule is Cc1ccc2oc3c(c(=O)c2c1)C(c1ccccc1F)N(c1ccc(Cl)cn1)C3=O. The normalized spacial score (nSPS) is 15.6. The van der Waals surface area contributed by atoms with Crippen LogP contribution in [0.25, 0.3) is 11.0 Å². The molecule has 1 atom stereocenters. The number of hydrogen-bond donors (Lipinski definition) is 0. The van der Waals surface area contributed by atoms with Crippen LogP contribution < -0.4 is 10.3 Å². The summed E-state index contributed by atoms with van der Waals surface area (Å²) in [6.45, 7) is 1.86. The first kappa shape index (κ1) is 18.5. The lowest BCUT2D eigenvalue weighted by atomic mass is 9.97. The average molecular weight is 421 g/mol. The molecule has 0 fully saturated rings. The molecule has 2 aromatic carbocycles. The van der Waals surface area contributed by atoms with Crippen LogP contribution in [0.15, 0.2) is 70.0 Å². The van der Waals surface area contributed by atoms with Gasteiger partial charge in [-0.25, -0.2) is 9.37 Å². The molecule has 30 heavy (non-hydrogen) atoms. The van der Waals surface area contributed by atoms with Crippen LogP contribution >= 0.6 is 11.6 Å². The van der Waals surface area contributed by atoms with Crippen LogP contribution in [-0.4, -0.2) is 10.9 Å². The minimum absolute atomic E-state index is 0.0972. The Morgan fingerprint density at radius 3 is 2.63 bits per heavy atom. The third-order valence-electron chi connectivity index (χ3n) is 5.18. The van der Waals surface area contributed by atoms with Gasteiger partial charge in [0.25, 0.3) is 5.91 Å². The maximum Gasteiger partial charge on any atom is 0.296 e. The summed E-state index contributed by atoms with van der Waals surface area (Å²) in [6, 6.07) is 13.3. The number of amides is 1. The Morgan fingerprint density at radius 1 is 1.10 bits per heavy atom. The minimum Gasteiger partial charge on any atom is -0.450 e. The molecule has 7 heteroatoms. The molecule has 0 spiro atoms. The van der Waals surface area contributed by atoms with E-state index < -0.39 is 17.8 Å². The Bertz CT molecular complexity index is 1380. The zero-order chi connectivity index (χ0) is 21.0. The molecule has 148 valence electrons. The number of halogens is 2. The van der Waals surface area contributed by atoms with E-state index in [1.54, 1.807) is 48.5 Å². The van der Waals surface area contributed by atoms with Crippen LogP contribution in [0.2, 0.25) is 5.02 Å². The maximum atomic E-state index is 14.8. The van der Waals surface area contributed by atoms with Gasteiger partial charge in [-0.2, -0.15) is 0 Å². The second-order valence-electron chi connectivity index (χ2n) is 7.11. The molecular weight excluding hydrogens is 407 g/mol. The fraction of sp³-hybridized carbons (Fsp3) is 0.0870. The molecule has 0 saturated heterocycles. The molecule has 1 aliphatic heterocycles. The maximum absolute atomic E-state index is 14.8. The first-order valence-electron chi connectivity index (χ1n) is 9.22. The molecule has 2 aromatic heterocycles. The number of benzene rings is 2. The number of anilines is 1. The van der Waals surface area contributed by atoms with Crippen LogP contribution in [0.3, 0.4) is 0 Å². The van der Waals surface area contributed by atoms with Crippen molar-refractivity contribution < 1.29 is 13.6 Å². The summed E-state index contributed by atoms with van der Waals surface area (Å²) >= 11 is 5.94. The van der Waals surface area contributed by atoms with Crippen molar-refractivity contribution in [1.82, 2.24) is 4.98 Å². The van der Waals surface area contributed by atoms with Crippen molar-refractivity contribution >= 4 is 34.3 Å². The van der Waals surface area contributed by atoms with E-state index in [1.807, 2.05) is 6.92 Å². The lowest BCUT2D eigenvalue weighted by molar-refractivity contribution is 0.0970. The number of hydrogen-bond acceptors (Lipinski definition) is 4. The Labute approximate surface area is 175 Å². The van der Waals surface area contributed by atoms with Gasteiger partial charge in [0.1, 0.15) is 17.2 Å². The molecule has 5 rings (SSSR count). The number of carbonyl (C=O) groups is 1. The van der Waals surface area contributed by atoms with Crippen molar-refractivity contribution in [3.63, 3.8) is 0 Å². The van der Waals surface area contributed by atoms with Crippen molar-refractivity contribution in [3.8, 4) is 0 Å². The monoisotopic (exact) mass is 420 g/mol. The lowest BCUT2D eigenvalue weighted by Crippen LogP contribution is -2.30. The molecule has 0 aliphatic carbocycles. The van der Waals surface area contributed by atoms with Gasteiger partial charge in [0.05, 0.1) is 22.0 Å². The van der Waals surface area contributed by atoms with E-state index in [-0.39, 0.29) is 28.1 Å². The Kier molecular flexibility index (Phi) is 4.18. The van der Waals surface area contributed by atoms with Gasteiger partial charge < -0.3 is 4.42 Å². The van der Waals surface area contributed by atoms with Crippen LogP contribution in [0.1, 0.15) is 33.3 Å². The highest BCUT2D eigenvalue weighted by Gasteiger charge is 2.45. The zero-order valence-electron chi connectivity index (χ0n) is 15.7. The highest BCUT2D eigenvalue weighted by molar-refractivity contribution is 6.30. The van der Waals surface area contributed by atoms with Gasteiger partial charge in [0, 0.05) is 11.8 Å². The first-order valence-corrected chi connectivity index (χ1v) is 9.60. The third-order valence-corrected chi connectivity index (χ3v) is 5.41. The highest BCUT2D eigenvalue weighted by Crippen LogP contribution is 2.41. The number of nitrogens with zero attached hydrogens (tertiary/aromatic N) is 2. The van der Waals surface area contributed by atoms with Gasteiger partial charge in [-0.15, -0.1) is 0 Å². The quantitative estimate of drug-likeness (QED) is 0.456. The minimum atomic E-state index is -1.01. The predicted octanol–water partition coefficient (Wildman–Crippen LogP) is 5.04. The molecule has 0 radical (unpaired) electrons. The van der Waals surface area contributed by atoms with Crippen LogP contribution in [0.5, 0.6) is 0 Å². The van der Waals surface area contributed by atoms with Gasteiger partial charge in [-0.1, -0.05) is 41.4 Å². The van der Waals surface area contributed by atoms with Gasteiger partial charge in [0.2, 0.25) is 5.76 Å². The summed E-state index contributed by atoms with van der Waals surface area (Å²) in [5.41, 5.74) is 1.09. The van der Waals surface area contributed by atoms with Gasteiger partial charge in [-0.05, 0) is 37.3 Å². The average Bonchev–Trinajstić information content (AvgIpc) is 3.02. The van der Waals surface area contributed by atoms with E-state index in [0.29, 0.717) is 16.0 Å². The Balaban J connectivity index is 1.84. The molecule has 0 bridgehead atoms. The van der Waals surface area contributed by atoms with Crippen molar-refractivity contribution in [3.05, 3.63) is 104 Å². The molecule has 5 nitrogen and oxygen atoms in total. The second-order valence-corrected chi connectivity index (χ2v) is 7.54. The van der Waals surface area contributed by atoms with Crippen molar-refractivity contribution in [1.29, 1.82) is 0 Å². The standard InChI is InChI=1S/C23H14ClFN2O3/c1-12-6-8-17-15(10-12)21(28)19-20(14-4-2-3-5-16(14)25)27(23(29)22(19)30-17)18-9-7-13(24)11-26-18/h2-11,20H,1H3. The predicted molar refractivity (Wildman–Crippen MR) is 112 cm³/mol. The van der Waals surface area contributed by atoms with E-state index in [0.717, 1.165) is 5.56 Å². The number of aromatic nitrogens is 1. The molecular formula is C23H14ClFN2O3. The van der Waals surface area contributed by atoms with Crippen LogP contribution in [0.4, 0.5) is 10.2 Å². The van der Waals surface area contributed by atoms with E-state index in [2.05, 4.69) is 4.98 Å². The molecule has 1 aliphatic rings. The van der Waals surface area contributed by atoms with E-state index >= 15 is 0 Å². The summed E-state index contributed by atoms with van der Waals surface area (Å²) in [4.78, 5) is 32.3. The van der Waals surface area contributed by atoms with Crippen LogP contribution in [-0.2, 0) is 0 Å². The number of rotatable bonds is 2. The van der Waals surface area contributed by atoms with Crippen LogP contribution in [0, 0.1) is 12.7 Å². The fourth-order valence-electron chi connectivity index (χ4n) is 3.82. The molecule has 4 aromatic rings.